The number of aromatic nitrogens is 4. The summed E-state index contributed by atoms with van der Waals surface area (Å²) in [5, 5.41) is 16.1. The summed E-state index contributed by atoms with van der Waals surface area (Å²) in [7, 11) is 3.02. The van der Waals surface area contributed by atoms with Gasteiger partial charge in [0, 0.05) is 5.56 Å². The average Bonchev–Trinajstić information content (AvgIpc) is 3.17. The summed E-state index contributed by atoms with van der Waals surface area (Å²) >= 11 is 0. The molecular formula is C18H17FN6O4. The summed E-state index contributed by atoms with van der Waals surface area (Å²) in [6.07, 6.45) is 0. The number of amides is 3. The van der Waals surface area contributed by atoms with Crippen LogP contribution in [0.5, 0.6) is 11.5 Å². The van der Waals surface area contributed by atoms with E-state index in [9.17, 15) is 14.0 Å². The minimum atomic E-state index is -0.875. The Morgan fingerprint density at radius 2 is 1.86 bits per heavy atom. The zero-order valence-electron chi connectivity index (χ0n) is 15.5. The molecule has 0 radical (unpaired) electrons. The molecular weight excluding hydrogens is 383 g/mol. The maximum atomic E-state index is 13.5. The first-order chi connectivity index (χ1) is 14.0. The van der Waals surface area contributed by atoms with Crippen LogP contribution in [0, 0.1) is 5.82 Å². The zero-order valence-corrected chi connectivity index (χ0v) is 15.5. The second-order valence-corrected chi connectivity index (χ2v) is 5.70. The van der Waals surface area contributed by atoms with Gasteiger partial charge in [-0.1, -0.05) is 12.1 Å². The van der Waals surface area contributed by atoms with Gasteiger partial charge >= 0.3 is 6.03 Å². The fraction of sp³-hybridized carbons (Fsp3) is 0.167. The van der Waals surface area contributed by atoms with E-state index in [1.54, 1.807) is 24.3 Å². The van der Waals surface area contributed by atoms with E-state index in [0.717, 1.165) is 4.80 Å². The van der Waals surface area contributed by atoms with Crippen LogP contribution < -0.4 is 20.1 Å². The molecule has 1 heterocycles. The van der Waals surface area contributed by atoms with Crippen molar-refractivity contribution in [3.63, 3.8) is 0 Å². The van der Waals surface area contributed by atoms with Gasteiger partial charge in [-0.2, -0.15) is 4.80 Å². The molecule has 3 rings (SSSR count). The molecule has 0 fully saturated rings. The number of nitrogens with zero attached hydrogens (tertiary/aromatic N) is 4. The van der Waals surface area contributed by atoms with Crippen LogP contribution in [0.4, 0.5) is 14.9 Å². The first-order valence-electron chi connectivity index (χ1n) is 8.35. The second-order valence-electron chi connectivity index (χ2n) is 5.70. The maximum Gasteiger partial charge on any atom is 0.326 e. The van der Waals surface area contributed by atoms with Crippen molar-refractivity contribution >= 4 is 17.6 Å². The third-order valence-electron chi connectivity index (χ3n) is 3.75. The number of carbonyl (C=O) groups excluding carboxylic acids is 2. The van der Waals surface area contributed by atoms with E-state index >= 15 is 0 Å². The number of methoxy groups -OCH3 is 2. The fourth-order valence-electron chi connectivity index (χ4n) is 2.41. The zero-order chi connectivity index (χ0) is 20.8. The molecule has 3 amide bonds. The highest BCUT2D eigenvalue weighted by molar-refractivity contribution is 6.01. The number of rotatable bonds is 6. The van der Waals surface area contributed by atoms with Gasteiger partial charge in [-0.3, -0.25) is 10.1 Å². The van der Waals surface area contributed by atoms with Gasteiger partial charge in [0.05, 0.1) is 19.9 Å². The SMILES string of the molecule is COc1ccc(-c2nnn(CC(=O)NC(=O)Nc3ccccc3F)n2)cc1OC. The third kappa shape index (κ3) is 4.83. The van der Waals surface area contributed by atoms with Crippen molar-refractivity contribution in [1.29, 1.82) is 0 Å². The Bertz CT molecular complexity index is 1040. The molecule has 11 heteroatoms. The Kier molecular flexibility index (Phi) is 5.97. The molecule has 2 aromatic carbocycles. The lowest BCUT2D eigenvalue weighted by Crippen LogP contribution is -2.37. The Hall–Kier alpha value is -4.02. The van der Waals surface area contributed by atoms with E-state index < -0.39 is 17.8 Å². The molecule has 3 aromatic rings. The largest absolute Gasteiger partial charge is 0.493 e. The van der Waals surface area contributed by atoms with Crippen molar-refractivity contribution in [3.8, 4) is 22.9 Å². The van der Waals surface area contributed by atoms with Gasteiger partial charge in [0.1, 0.15) is 12.4 Å². The van der Waals surface area contributed by atoms with Gasteiger partial charge in [-0.25, -0.2) is 9.18 Å². The summed E-state index contributed by atoms with van der Waals surface area (Å²) in [6, 6.07) is 9.79. The number of ether oxygens (including phenoxy) is 2. The van der Waals surface area contributed by atoms with Crippen LogP contribution in [0.3, 0.4) is 0 Å². The molecule has 150 valence electrons. The van der Waals surface area contributed by atoms with Crippen molar-refractivity contribution in [2.45, 2.75) is 6.54 Å². The van der Waals surface area contributed by atoms with Crippen molar-refractivity contribution in [2.24, 2.45) is 0 Å². The van der Waals surface area contributed by atoms with E-state index in [-0.39, 0.29) is 18.1 Å². The van der Waals surface area contributed by atoms with Crippen molar-refractivity contribution in [3.05, 3.63) is 48.3 Å². The molecule has 0 aliphatic heterocycles. The molecule has 0 saturated carbocycles. The molecule has 0 spiro atoms. The third-order valence-corrected chi connectivity index (χ3v) is 3.75. The highest BCUT2D eigenvalue weighted by atomic mass is 19.1. The van der Waals surface area contributed by atoms with Crippen LogP contribution in [0.25, 0.3) is 11.4 Å². The molecule has 0 unspecified atom stereocenters. The van der Waals surface area contributed by atoms with Crippen molar-refractivity contribution < 1.29 is 23.5 Å². The number of benzene rings is 2. The van der Waals surface area contributed by atoms with E-state index in [2.05, 4.69) is 26.0 Å². The Morgan fingerprint density at radius 3 is 2.59 bits per heavy atom. The highest BCUT2D eigenvalue weighted by Gasteiger charge is 2.14. The minimum Gasteiger partial charge on any atom is -0.493 e. The Balaban J connectivity index is 1.62. The molecule has 2 N–H and O–H groups in total. The van der Waals surface area contributed by atoms with Crippen LogP contribution in [-0.4, -0.2) is 46.4 Å². The molecule has 1 aromatic heterocycles. The molecule has 0 saturated heterocycles. The highest BCUT2D eigenvalue weighted by Crippen LogP contribution is 2.30. The molecule has 0 atom stereocenters. The lowest BCUT2D eigenvalue weighted by atomic mass is 10.2. The van der Waals surface area contributed by atoms with Gasteiger partial charge < -0.3 is 14.8 Å². The Labute approximate surface area is 164 Å². The van der Waals surface area contributed by atoms with E-state index in [4.69, 9.17) is 9.47 Å². The summed E-state index contributed by atoms with van der Waals surface area (Å²) in [4.78, 5) is 24.8. The molecule has 0 bridgehead atoms. The Morgan fingerprint density at radius 1 is 1.10 bits per heavy atom. The standard InChI is InChI=1S/C18H17FN6O4/c1-28-14-8-7-11(9-15(14)29-2)17-22-24-25(23-17)10-16(26)21-18(27)20-13-6-4-3-5-12(13)19/h3-9H,10H2,1-2H3,(H2,20,21,26,27). The van der Waals surface area contributed by atoms with Crippen LogP contribution in [0.1, 0.15) is 0 Å². The maximum absolute atomic E-state index is 13.5. The first kappa shape index (κ1) is 19.7. The van der Waals surface area contributed by atoms with Crippen molar-refractivity contribution in [1.82, 2.24) is 25.5 Å². The van der Waals surface area contributed by atoms with Gasteiger partial charge in [0.15, 0.2) is 11.5 Å². The lowest BCUT2D eigenvalue weighted by molar-refractivity contribution is -0.120. The topological polar surface area (TPSA) is 120 Å². The number of anilines is 1. The fourth-order valence-corrected chi connectivity index (χ4v) is 2.41. The number of carbonyl (C=O) groups is 2. The number of tetrazole rings is 1. The summed E-state index contributed by atoms with van der Waals surface area (Å²) < 4.78 is 23.9. The number of hydrogen-bond donors (Lipinski definition) is 2. The van der Waals surface area contributed by atoms with Crippen LogP contribution in [0.15, 0.2) is 42.5 Å². The van der Waals surface area contributed by atoms with Gasteiger partial charge in [-0.15, -0.1) is 10.2 Å². The van der Waals surface area contributed by atoms with E-state index in [0.29, 0.717) is 17.1 Å². The second kappa shape index (κ2) is 8.78. The smallest absolute Gasteiger partial charge is 0.326 e. The summed E-state index contributed by atoms with van der Waals surface area (Å²) in [5.41, 5.74) is 0.555. The van der Waals surface area contributed by atoms with Crippen molar-refractivity contribution in [2.75, 3.05) is 19.5 Å². The van der Waals surface area contributed by atoms with Crippen LogP contribution in [0.2, 0.25) is 0 Å². The molecule has 0 aliphatic carbocycles. The molecule has 10 nitrogen and oxygen atoms in total. The summed E-state index contributed by atoms with van der Waals surface area (Å²) in [5.74, 6) is -0.0231. The number of para-hydroxylation sites is 1. The number of hydrogen-bond acceptors (Lipinski definition) is 7. The first-order valence-corrected chi connectivity index (χ1v) is 8.35. The molecule has 0 aliphatic rings. The number of nitrogens with one attached hydrogen (secondary N) is 2. The van der Waals surface area contributed by atoms with Gasteiger partial charge in [0.2, 0.25) is 5.82 Å². The number of urea groups is 1. The predicted octanol–water partition coefficient (Wildman–Crippen LogP) is 1.84. The summed E-state index contributed by atoms with van der Waals surface area (Å²) in [6.45, 7) is -0.356. The normalized spacial score (nSPS) is 10.3. The minimum absolute atomic E-state index is 0.0487. The number of halogens is 1. The number of imide groups is 1. The van der Waals surface area contributed by atoms with E-state index in [1.165, 1.54) is 32.4 Å². The lowest BCUT2D eigenvalue weighted by Gasteiger charge is -2.07. The van der Waals surface area contributed by atoms with Crippen LogP contribution in [-0.2, 0) is 11.3 Å². The monoisotopic (exact) mass is 400 g/mol. The quantitative estimate of drug-likeness (QED) is 0.648. The van der Waals surface area contributed by atoms with Crippen LogP contribution >= 0.6 is 0 Å². The van der Waals surface area contributed by atoms with Gasteiger partial charge in [-0.05, 0) is 35.5 Å². The predicted molar refractivity (Wildman–Crippen MR) is 99.9 cm³/mol. The van der Waals surface area contributed by atoms with Gasteiger partial charge in [0.25, 0.3) is 5.91 Å². The average molecular weight is 400 g/mol. The van der Waals surface area contributed by atoms with E-state index in [1.807, 2.05) is 0 Å². The molecule has 29 heavy (non-hydrogen) atoms.